The fourth-order valence-corrected chi connectivity index (χ4v) is 2.82. The molecule has 0 saturated carbocycles. The number of hydrogen-bond acceptors (Lipinski definition) is 3. The van der Waals surface area contributed by atoms with Crippen LogP contribution >= 0.6 is 0 Å². The van der Waals surface area contributed by atoms with Gasteiger partial charge in [-0.25, -0.2) is 8.78 Å². The molecular formula is C17H20F2N2O2. The molecule has 3 atom stereocenters. The zero-order valence-electron chi connectivity index (χ0n) is 13.0. The number of ether oxygens (including phenoxy) is 1. The third-order valence-electron chi connectivity index (χ3n) is 4.04. The first-order valence-corrected chi connectivity index (χ1v) is 7.81. The van der Waals surface area contributed by atoms with E-state index in [2.05, 4.69) is 12.2 Å². The zero-order valence-corrected chi connectivity index (χ0v) is 13.0. The third kappa shape index (κ3) is 4.49. The average Bonchev–Trinajstić information content (AvgIpc) is 2.53. The van der Waals surface area contributed by atoms with E-state index in [0.717, 1.165) is 18.9 Å². The van der Waals surface area contributed by atoms with Gasteiger partial charge in [0.05, 0.1) is 12.2 Å². The van der Waals surface area contributed by atoms with Crippen molar-refractivity contribution in [3.8, 4) is 6.07 Å². The minimum Gasteiger partial charge on any atom is -0.378 e. The van der Waals surface area contributed by atoms with Crippen LogP contribution in [-0.4, -0.2) is 18.6 Å². The lowest BCUT2D eigenvalue weighted by atomic mass is 9.92. The maximum atomic E-state index is 13.8. The minimum absolute atomic E-state index is 0.0283. The van der Waals surface area contributed by atoms with Crippen LogP contribution in [0.2, 0.25) is 0 Å². The molecule has 1 amide bonds. The van der Waals surface area contributed by atoms with Crippen LogP contribution in [0, 0.1) is 28.9 Å². The van der Waals surface area contributed by atoms with E-state index in [-0.39, 0.29) is 23.5 Å². The molecular weight excluding hydrogens is 302 g/mol. The fourth-order valence-electron chi connectivity index (χ4n) is 2.82. The smallest absolute Gasteiger partial charge is 0.224 e. The van der Waals surface area contributed by atoms with Crippen molar-refractivity contribution in [1.29, 1.82) is 5.26 Å². The summed E-state index contributed by atoms with van der Waals surface area (Å²) >= 11 is 0. The van der Waals surface area contributed by atoms with Gasteiger partial charge in [-0.05, 0) is 25.3 Å². The number of nitrogens with one attached hydrogen (secondary N) is 1. The Balaban J connectivity index is 2.03. The lowest BCUT2D eigenvalue weighted by Crippen LogP contribution is -2.39. The van der Waals surface area contributed by atoms with Crippen LogP contribution in [0.4, 0.5) is 8.78 Å². The predicted octanol–water partition coefficient (Wildman–Crippen LogP) is 3.24. The second-order valence-electron chi connectivity index (χ2n) is 5.74. The minimum atomic E-state index is -1.13. The van der Waals surface area contributed by atoms with Crippen molar-refractivity contribution in [3.05, 3.63) is 35.4 Å². The molecule has 0 unspecified atom stereocenters. The highest BCUT2D eigenvalue weighted by Crippen LogP contribution is 2.25. The van der Waals surface area contributed by atoms with E-state index >= 15 is 0 Å². The molecule has 0 aromatic heterocycles. The summed E-state index contributed by atoms with van der Waals surface area (Å²) in [5.74, 6) is -2.10. The monoisotopic (exact) mass is 322 g/mol. The van der Waals surface area contributed by atoms with E-state index in [4.69, 9.17) is 4.74 Å². The summed E-state index contributed by atoms with van der Waals surface area (Å²) < 4.78 is 32.3. The standard InChI is InChI=1S/C17H20F2N2O2/c1-2-3-13-8-11(6-7-23-13)17(22)21-16(10-20)14-5-4-12(18)9-15(14)19/h4-5,9,11,13,16H,2-3,6-8H2,1H3,(H,21,22)/t11-,13+,16-/m0/s1. The van der Waals surface area contributed by atoms with Gasteiger partial charge in [-0.15, -0.1) is 0 Å². The number of carbonyl (C=O) groups excluding carboxylic acids is 1. The first kappa shape index (κ1) is 17.4. The molecule has 4 nitrogen and oxygen atoms in total. The predicted molar refractivity (Wildman–Crippen MR) is 80.2 cm³/mol. The van der Waals surface area contributed by atoms with Crippen LogP contribution in [0.5, 0.6) is 0 Å². The molecule has 1 N–H and O–H groups in total. The summed E-state index contributed by atoms with van der Waals surface area (Å²) in [6.07, 6.45) is 3.09. The van der Waals surface area contributed by atoms with Gasteiger partial charge in [0, 0.05) is 24.2 Å². The van der Waals surface area contributed by atoms with Crippen molar-refractivity contribution in [3.63, 3.8) is 0 Å². The molecule has 1 aliphatic heterocycles. The summed E-state index contributed by atoms with van der Waals surface area (Å²) in [5, 5.41) is 11.8. The lowest BCUT2D eigenvalue weighted by Gasteiger charge is -2.29. The molecule has 0 radical (unpaired) electrons. The number of nitriles is 1. The summed E-state index contributed by atoms with van der Waals surface area (Å²) in [4.78, 5) is 12.4. The molecule has 124 valence electrons. The number of halogens is 2. The Morgan fingerprint density at radius 3 is 2.96 bits per heavy atom. The molecule has 0 aliphatic carbocycles. The largest absolute Gasteiger partial charge is 0.378 e. The van der Waals surface area contributed by atoms with Crippen LogP contribution < -0.4 is 5.32 Å². The van der Waals surface area contributed by atoms with Gasteiger partial charge in [-0.2, -0.15) is 5.26 Å². The Morgan fingerprint density at radius 1 is 1.52 bits per heavy atom. The van der Waals surface area contributed by atoms with Crippen LogP contribution in [0.15, 0.2) is 18.2 Å². The molecule has 1 aliphatic rings. The zero-order chi connectivity index (χ0) is 16.8. The van der Waals surface area contributed by atoms with E-state index in [0.29, 0.717) is 25.5 Å². The molecule has 6 heteroatoms. The van der Waals surface area contributed by atoms with Gasteiger partial charge >= 0.3 is 0 Å². The maximum absolute atomic E-state index is 13.8. The van der Waals surface area contributed by atoms with Gasteiger partial charge in [-0.3, -0.25) is 4.79 Å². The maximum Gasteiger partial charge on any atom is 0.224 e. The van der Waals surface area contributed by atoms with Crippen molar-refractivity contribution in [2.75, 3.05) is 6.61 Å². The van der Waals surface area contributed by atoms with E-state index in [1.165, 1.54) is 6.07 Å². The lowest BCUT2D eigenvalue weighted by molar-refractivity contribution is -0.130. The van der Waals surface area contributed by atoms with Gasteiger partial charge in [0.15, 0.2) is 0 Å². The van der Waals surface area contributed by atoms with E-state index in [1.807, 2.05) is 6.07 Å². The van der Waals surface area contributed by atoms with Crippen molar-refractivity contribution >= 4 is 5.91 Å². The van der Waals surface area contributed by atoms with E-state index in [9.17, 15) is 18.8 Å². The first-order chi connectivity index (χ1) is 11.0. The SMILES string of the molecule is CCC[C@@H]1C[C@@H](C(=O)N[C@@H](C#N)c2ccc(F)cc2F)CCO1. The topological polar surface area (TPSA) is 62.1 Å². The molecule has 1 aromatic rings. The summed E-state index contributed by atoms with van der Waals surface area (Å²) in [7, 11) is 0. The second-order valence-corrected chi connectivity index (χ2v) is 5.74. The highest BCUT2D eigenvalue weighted by Gasteiger charge is 2.29. The Bertz CT molecular complexity index is 599. The molecule has 2 rings (SSSR count). The Kier molecular flexibility index (Phi) is 6.05. The van der Waals surface area contributed by atoms with Crippen LogP contribution in [0.25, 0.3) is 0 Å². The Morgan fingerprint density at radius 2 is 2.30 bits per heavy atom. The molecule has 1 aromatic carbocycles. The fraction of sp³-hybridized carbons (Fsp3) is 0.529. The quantitative estimate of drug-likeness (QED) is 0.905. The number of benzene rings is 1. The molecule has 23 heavy (non-hydrogen) atoms. The highest BCUT2D eigenvalue weighted by molar-refractivity contribution is 5.79. The average molecular weight is 322 g/mol. The van der Waals surface area contributed by atoms with Crippen LogP contribution in [0.3, 0.4) is 0 Å². The van der Waals surface area contributed by atoms with Gasteiger partial charge in [0.25, 0.3) is 0 Å². The second kappa shape index (κ2) is 8.02. The van der Waals surface area contributed by atoms with Crippen molar-refractivity contribution < 1.29 is 18.3 Å². The van der Waals surface area contributed by atoms with Crippen molar-refractivity contribution in [1.82, 2.24) is 5.32 Å². The molecule has 0 bridgehead atoms. The van der Waals surface area contributed by atoms with Crippen LogP contribution in [0.1, 0.15) is 44.2 Å². The third-order valence-corrected chi connectivity index (χ3v) is 4.04. The summed E-state index contributed by atoms with van der Waals surface area (Å²) in [6.45, 7) is 2.56. The summed E-state index contributed by atoms with van der Waals surface area (Å²) in [6, 6.07) is 3.69. The summed E-state index contributed by atoms with van der Waals surface area (Å²) in [5.41, 5.74) is -0.0283. The van der Waals surface area contributed by atoms with Gasteiger partial charge in [-0.1, -0.05) is 19.4 Å². The molecule has 1 heterocycles. The van der Waals surface area contributed by atoms with Gasteiger partial charge < -0.3 is 10.1 Å². The molecule has 0 spiro atoms. The van der Waals surface area contributed by atoms with Gasteiger partial charge in [0.1, 0.15) is 17.7 Å². The van der Waals surface area contributed by atoms with E-state index < -0.39 is 17.7 Å². The van der Waals surface area contributed by atoms with Crippen molar-refractivity contribution in [2.45, 2.75) is 44.8 Å². The van der Waals surface area contributed by atoms with Crippen LogP contribution in [-0.2, 0) is 9.53 Å². The number of hydrogen-bond donors (Lipinski definition) is 1. The normalized spacial score (nSPS) is 22.2. The number of nitrogens with zero attached hydrogens (tertiary/aromatic N) is 1. The highest BCUT2D eigenvalue weighted by atomic mass is 19.1. The number of amides is 1. The van der Waals surface area contributed by atoms with Crippen molar-refractivity contribution in [2.24, 2.45) is 5.92 Å². The first-order valence-electron chi connectivity index (χ1n) is 7.81. The van der Waals surface area contributed by atoms with E-state index in [1.54, 1.807) is 0 Å². The Labute approximate surface area is 134 Å². The molecule has 1 fully saturated rings. The molecule has 1 saturated heterocycles. The number of carbonyl (C=O) groups is 1. The van der Waals surface area contributed by atoms with Gasteiger partial charge in [0.2, 0.25) is 5.91 Å². The Hall–Kier alpha value is -2.00. The number of rotatable bonds is 5.